The minimum absolute atomic E-state index is 0.0587. The molecule has 0 spiro atoms. The second kappa shape index (κ2) is 8.36. The molecule has 0 aromatic heterocycles. The zero-order valence-electron chi connectivity index (χ0n) is 13.8. The van der Waals surface area contributed by atoms with Crippen LogP contribution in [-0.2, 0) is 9.53 Å². The third kappa shape index (κ3) is 5.07. The Labute approximate surface area is 160 Å². The lowest BCUT2D eigenvalue weighted by molar-refractivity contribution is -0.385. The van der Waals surface area contributed by atoms with Gasteiger partial charge in [0.1, 0.15) is 0 Å². The Morgan fingerprint density at radius 1 is 1.11 bits per heavy atom. The summed E-state index contributed by atoms with van der Waals surface area (Å²) in [6.07, 6.45) is 0. The van der Waals surface area contributed by atoms with Gasteiger partial charge in [0.15, 0.2) is 6.61 Å². The largest absolute Gasteiger partial charge is 0.452 e. The highest BCUT2D eigenvalue weighted by Crippen LogP contribution is 2.27. The molecule has 0 aliphatic carbocycles. The van der Waals surface area contributed by atoms with E-state index in [0.717, 1.165) is 6.07 Å². The van der Waals surface area contributed by atoms with Crippen LogP contribution in [0.3, 0.4) is 0 Å². The molecule has 11 heteroatoms. The number of halogens is 1. The number of nitro groups is 2. The van der Waals surface area contributed by atoms with Crippen LogP contribution >= 0.6 is 15.9 Å². The second-order valence-corrected chi connectivity index (χ2v) is 6.16. The SMILES string of the molecule is Cc1ccc(C(=O)OCC(=O)Nc2ccc([N+](=O)[O-])cc2Br)cc1[N+](=O)[O-]. The van der Waals surface area contributed by atoms with Crippen molar-refractivity contribution in [2.75, 3.05) is 11.9 Å². The monoisotopic (exact) mass is 437 g/mol. The van der Waals surface area contributed by atoms with Gasteiger partial charge in [-0.3, -0.25) is 25.0 Å². The maximum Gasteiger partial charge on any atom is 0.338 e. The minimum atomic E-state index is -0.893. The van der Waals surface area contributed by atoms with Crippen molar-refractivity contribution in [1.29, 1.82) is 0 Å². The van der Waals surface area contributed by atoms with Gasteiger partial charge >= 0.3 is 5.97 Å². The number of esters is 1. The summed E-state index contributed by atoms with van der Waals surface area (Å²) in [4.78, 5) is 44.2. The zero-order chi connectivity index (χ0) is 20.1. The summed E-state index contributed by atoms with van der Waals surface area (Å²) in [5.41, 5.74) is 0.192. The van der Waals surface area contributed by atoms with Crippen molar-refractivity contribution in [3.63, 3.8) is 0 Å². The average Bonchev–Trinajstić information content (AvgIpc) is 2.61. The fourth-order valence-electron chi connectivity index (χ4n) is 2.05. The van der Waals surface area contributed by atoms with Crippen LogP contribution in [-0.4, -0.2) is 28.3 Å². The second-order valence-electron chi connectivity index (χ2n) is 5.30. The summed E-state index contributed by atoms with van der Waals surface area (Å²) < 4.78 is 5.12. The number of nitro benzene ring substituents is 2. The van der Waals surface area contributed by atoms with Gasteiger partial charge in [0, 0.05) is 28.2 Å². The number of hydrogen-bond donors (Lipinski definition) is 1. The van der Waals surface area contributed by atoms with Gasteiger partial charge in [-0.05, 0) is 35.0 Å². The molecule has 1 amide bonds. The maximum absolute atomic E-state index is 12.0. The molecule has 0 atom stereocenters. The van der Waals surface area contributed by atoms with E-state index in [1.807, 2.05) is 0 Å². The standard InChI is InChI=1S/C16H12BrN3O7/c1-9-2-3-10(6-14(9)20(25)26)16(22)27-8-15(21)18-13-5-4-11(19(23)24)7-12(13)17/h2-7H,8H2,1H3,(H,18,21). The highest BCUT2D eigenvalue weighted by Gasteiger charge is 2.17. The summed E-state index contributed by atoms with van der Waals surface area (Å²) in [6, 6.07) is 7.58. The van der Waals surface area contributed by atoms with Gasteiger partial charge in [0.2, 0.25) is 0 Å². The molecule has 0 saturated heterocycles. The van der Waals surface area contributed by atoms with Crippen molar-refractivity contribution < 1.29 is 24.2 Å². The van der Waals surface area contributed by atoms with Crippen molar-refractivity contribution in [1.82, 2.24) is 0 Å². The number of benzene rings is 2. The highest BCUT2D eigenvalue weighted by molar-refractivity contribution is 9.10. The number of anilines is 1. The number of ether oxygens (including phenoxy) is 1. The van der Waals surface area contributed by atoms with Crippen LogP contribution in [0.2, 0.25) is 0 Å². The van der Waals surface area contributed by atoms with E-state index in [9.17, 15) is 29.8 Å². The van der Waals surface area contributed by atoms with Gasteiger partial charge in [-0.25, -0.2) is 4.79 Å². The van der Waals surface area contributed by atoms with Gasteiger partial charge in [-0.1, -0.05) is 6.07 Å². The lowest BCUT2D eigenvalue weighted by Crippen LogP contribution is -2.21. The van der Waals surface area contributed by atoms with Crippen LogP contribution in [0.5, 0.6) is 0 Å². The number of aryl methyl sites for hydroxylation is 1. The molecule has 0 bridgehead atoms. The first-order valence-corrected chi connectivity index (χ1v) is 8.14. The number of amides is 1. The van der Waals surface area contributed by atoms with E-state index in [4.69, 9.17) is 4.74 Å². The fraction of sp³-hybridized carbons (Fsp3) is 0.125. The summed E-state index contributed by atoms with van der Waals surface area (Å²) in [7, 11) is 0. The normalized spacial score (nSPS) is 10.1. The molecule has 0 aliphatic rings. The van der Waals surface area contributed by atoms with Crippen LogP contribution in [0, 0.1) is 27.2 Å². The summed E-state index contributed by atoms with van der Waals surface area (Å²) in [5.74, 6) is -1.57. The van der Waals surface area contributed by atoms with Crippen LogP contribution in [0.25, 0.3) is 0 Å². The molecule has 0 radical (unpaired) electrons. The van der Waals surface area contributed by atoms with Gasteiger partial charge < -0.3 is 10.1 Å². The molecule has 2 aromatic carbocycles. The number of nitrogens with one attached hydrogen (secondary N) is 1. The third-order valence-corrected chi connectivity index (χ3v) is 4.07. The predicted octanol–water partition coefficient (Wildman–Crippen LogP) is 3.37. The number of non-ortho nitro benzene ring substituents is 1. The lowest BCUT2D eigenvalue weighted by atomic mass is 10.1. The van der Waals surface area contributed by atoms with Crippen molar-refractivity contribution in [3.8, 4) is 0 Å². The zero-order valence-corrected chi connectivity index (χ0v) is 15.4. The van der Waals surface area contributed by atoms with Gasteiger partial charge in [-0.15, -0.1) is 0 Å². The van der Waals surface area contributed by atoms with Gasteiger partial charge in [-0.2, -0.15) is 0 Å². The molecule has 2 aromatic rings. The van der Waals surface area contributed by atoms with Crippen LogP contribution in [0.1, 0.15) is 15.9 Å². The van der Waals surface area contributed by atoms with Crippen LogP contribution in [0.4, 0.5) is 17.1 Å². The smallest absolute Gasteiger partial charge is 0.338 e. The quantitative estimate of drug-likeness (QED) is 0.414. The summed E-state index contributed by atoms with van der Waals surface area (Å²) >= 11 is 3.10. The molecule has 0 fully saturated rings. The van der Waals surface area contributed by atoms with Crippen molar-refractivity contribution in [3.05, 3.63) is 72.2 Å². The topological polar surface area (TPSA) is 142 Å². The van der Waals surface area contributed by atoms with Gasteiger partial charge in [0.25, 0.3) is 17.3 Å². The van der Waals surface area contributed by atoms with Crippen molar-refractivity contribution >= 4 is 44.9 Å². The van der Waals surface area contributed by atoms with E-state index in [2.05, 4.69) is 21.2 Å². The summed E-state index contributed by atoms with van der Waals surface area (Å²) in [5, 5.41) is 24.0. The van der Waals surface area contributed by atoms with E-state index in [1.165, 1.54) is 37.3 Å². The first kappa shape index (κ1) is 20.0. The van der Waals surface area contributed by atoms with E-state index in [0.29, 0.717) is 5.56 Å². The maximum atomic E-state index is 12.0. The lowest BCUT2D eigenvalue weighted by Gasteiger charge is -2.08. The molecule has 2 rings (SSSR count). The molecule has 0 heterocycles. The third-order valence-electron chi connectivity index (χ3n) is 3.41. The van der Waals surface area contributed by atoms with E-state index in [-0.39, 0.29) is 27.1 Å². The Bertz CT molecular complexity index is 946. The molecular formula is C16H12BrN3O7. The molecule has 0 aliphatic heterocycles. The first-order chi connectivity index (χ1) is 12.7. The fourth-order valence-corrected chi connectivity index (χ4v) is 2.52. The van der Waals surface area contributed by atoms with E-state index >= 15 is 0 Å². The van der Waals surface area contributed by atoms with E-state index in [1.54, 1.807) is 0 Å². The van der Waals surface area contributed by atoms with E-state index < -0.39 is 28.3 Å². The number of hydrogen-bond acceptors (Lipinski definition) is 7. The average molecular weight is 438 g/mol. The van der Waals surface area contributed by atoms with Crippen LogP contribution < -0.4 is 5.32 Å². The predicted molar refractivity (Wildman–Crippen MR) is 97.5 cm³/mol. The molecule has 1 N–H and O–H groups in total. The molecule has 0 unspecified atom stereocenters. The number of carbonyl (C=O) groups excluding carboxylic acids is 2. The Kier molecular flexibility index (Phi) is 6.19. The Morgan fingerprint density at radius 2 is 1.81 bits per heavy atom. The minimum Gasteiger partial charge on any atom is -0.452 e. The van der Waals surface area contributed by atoms with Gasteiger partial charge in [0.05, 0.1) is 21.1 Å². The van der Waals surface area contributed by atoms with Crippen LogP contribution in [0.15, 0.2) is 40.9 Å². The molecule has 10 nitrogen and oxygen atoms in total. The molecular weight excluding hydrogens is 426 g/mol. The molecule has 0 saturated carbocycles. The Hall–Kier alpha value is -3.34. The Morgan fingerprint density at radius 3 is 2.41 bits per heavy atom. The summed E-state index contributed by atoms with van der Waals surface area (Å²) in [6.45, 7) is 0.896. The van der Waals surface area contributed by atoms with Crippen molar-refractivity contribution in [2.45, 2.75) is 6.92 Å². The number of nitrogens with zero attached hydrogens (tertiary/aromatic N) is 2. The number of rotatable bonds is 6. The Balaban J connectivity index is 1.99. The highest BCUT2D eigenvalue weighted by atomic mass is 79.9. The number of carbonyl (C=O) groups is 2. The molecule has 140 valence electrons. The first-order valence-electron chi connectivity index (χ1n) is 7.35. The van der Waals surface area contributed by atoms with Crippen molar-refractivity contribution in [2.24, 2.45) is 0 Å². The molecule has 27 heavy (non-hydrogen) atoms.